The van der Waals surface area contributed by atoms with E-state index in [0.717, 1.165) is 16.8 Å². The Morgan fingerprint density at radius 1 is 1.26 bits per heavy atom. The summed E-state index contributed by atoms with van der Waals surface area (Å²) in [6.07, 6.45) is 2.93. The standard InChI is InChI=1S/C14H11N3O2/c1-9-4-2-3-5-10(9)12-6-7-15-13-11(14(18)19)8-16-17(12)13/h2-8H,1H3,(H,18,19). The molecule has 0 fully saturated rings. The Labute approximate surface area is 109 Å². The van der Waals surface area contributed by atoms with Crippen molar-refractivity contribution in [1.29, 1.82) is 0 Å². The molecule has 2 aromatic heterocycles. The van der Waals surface area contributed by atoms with Gasteiger partial charge in [-0.25, -0.2) is 14.3 Å². The van der Waals surface area contributed by atoms with E-state index in [4.69, 9.17) is 5.11 Å². The highest BCUT2D eigenvalue weighted by molar-refractivity contribution is 5.94. The van der Waals surface area contributed by atoms with E-state index < -0.39 is 5.97 Å². The van der Waals surface area contributed by atoms with E-state index in [1.54, 1.807) is 10.7 Å². The van der Waals surface area contributed by atoms with Crippen molar-refractivity contribution >= 4 is 11.6 Å². The zero-order chi connectivity index (χ0) is 13.4. The van der Waals surface area contributed by atoms with Crippen molar-refractivity contribution in [2.75, 3.05) is 0 Å². The van der Waals surface area contributed by atoms with Crippen LogP contribution in [0.5, 0.6) is 0 Å². The first-order valence-electron chi connectivity index (χ1n) is 5.80. The minimum Gasteiger partial charge on any atom is -0.477 e. The van der Waals surface area contributed by atoms with Gasteiger partial charge in [0.2, 0.25) is 0 Å². The molecule has 0 aliphatic rings. The molecule has 0 unspecified atom stereocenters. The number of carboxylic acid groups (broad SMARTS) is 1. The minimum atomic E-state index is -1.02. The fourth-order valence-electron chi connectivity index (χ4n) is 2.11. The first-order valence-corrected chi connectivity index (χ1v) is 5.80. The second-order valence-electron chi connectivity index (χ2n) is 4.24. The second kappa shape index (κ2) is 4.20. The van der Waals surface area contributed by atoms with Crippen LogP contribution in [0.3, 0.4) is 0 Å². The number of benzene rings is 1. The van der Waals surface area contributed by atoms with Gasteiger partial charge in [-0.15, -0.1) is 0 Å². The van der Waals surface area contributed by atoms with E-state index in [0.29, 0.717) is 5.65 Å². The molecule has 3 aromatic rings. The van der Waals surface area contributed by atoms with Gasteiger partial charge in [-0.2, -0.15) is 5.10 Å². The summed E-state index contributed by atoms with van der Waals surface area (Å²) >= 11 is 0. The predicted molar refractivity (Wildman–Crippen MR) is 70.1 cm³/mol. The summed E-state index contributed by atoms with van der Waals surface area (Å²) < 4.78 is 1.56. The van der Waals surface area contributed by atoms with Crippen molar-refractivity contribution < 1.29 is 9.90 Å². The lowest BCUT2D eigenvalue weighted by molar-refractivity contribution is 0.0699. The number of aromatic carboxylic acids is 1. The topological polar surface area (TPSA) is 67.5 Å². The Kier molecular flexibility index (Phi) is 2.52. The number of aryl methyl sites for hydroxylation is 1. The van der Waals surface area contributed by atoms with E-state index in [1.165, 1.54) is 6.20 Å². The lowest BCUT2D eigenvalue weighted by atomic mass is 10.1. The van der Waals surface area contributed by atoms with Crippen molar-refractivity contribution in [2.45, 2.75) is 6.92 Å². The lowest BCUT2D eigenvalue weighted by Crippen LogP contribution is -2.00. The van der Waals surface area contributed by atoms with Gasteiger partial charge in [0.05, 0.1) is 11.9 Å². The SMILES string of the molecule is Cc1ccccc1-c1ccnc2c(C(=O)O)cnn12. The summed E-state index contributed by atoms with van der Waals surface area (Å²) in [5.74, 6) is -1.02. The molecule has 1 aromatic carbocycles. The molecule has 0 aliphatic carbocycles. The maximum absolute atomic E-state index is 11.1. The maximum Gasteiger partial charge on any atom is 0.341 e. The number of carboxylic acids is 1. The molecule has 0 bridgehead atoms. The Hall–Kier alpha value is -2.69. The smallest absolute Gasteiger partial charge is 0.341 e. The van der Waals surface area contributed by atoms with E-state index in [-0.39, 0.29) is 5.56 Å². The van der Waals surface area contributed by atoms with Gasteiger partial charge >= 0.3 is 5.97 Å². The molecule has 19 heavy (non-hydrogen) atoms. The number of fused-ring (bicyclic) bond motifs is 1. The largest absolute Gasteiger partial charge is 0.477 e. The fourth-order valence-corrected chi connectivity index (χ4v) is 2.11. The summed E-state index contributed by atoms with van der Waals surface area (Å²) in [6.45, 7) is 2.00. The normalized spacial score (nSPS) is 10.8. The predicted octanol–water partition coefficient (Wildman–Crippen LogP) is 2.40. The molecule has 2 heterocycles. The molecule has 0 aliphatic heterocycles. The number of aromatic nitrogens is 3. The van der Waals surface area contributed by atoms with Gasteiger partial charge in [0.1, 0.15) is 5.56 Å². The first kappa shape index (κ1) is 11.4. The summed E-state index contributed by atoms with van der Waals surface area (Å²) in [7, 11) is 0. The highest BCUT2D eigenvalue weighted by atomic mass is 16.4. The number of rotatable bonds is 2. The molecule has 0 atom stereocenters. The molecule has 0 saturated carbocycles. The van der Waals surface area contributed by atoms with Crippen LogP contribution in [0.25, 0.3) is 16.9 Å². The van der Waals surface area contributed by atoms with Gasteiger partial charge in [-0.05, 0) is 18.6 Å². The summed E-state index contributed by atoms with van der Waals surface area (Å²) in [6, 6.07) is 9.71. The zero-order valence-corrected chi connectivity index (χ0v) is 10.2. The quantitative estimate of drug-likeness (QED) is 0.761. The van der Waals surface area contributed by atoms with Crippen LogP contribution in [0.2, 0.25) is 0 Å². The van der Waals surface area contributed by atoms with E-state index in [1.807, 2.05) is 37.3 Å². The Morgan fingerprint density at radius 3 is 2.79 bits per heavy atom. The average Bonchev–Trinajstić information content (AvgIpc) is 2.83. The highest BCUT2D eigenvalue weighted by Crippen LogP contribution is 2.23. The minimum absolute atomic E-state index is 0.107. The summed E-state index contributed by atoms with van der Waals surface area (Å²) in [5, 5.41) is 13.2. The fraction of sp³-hybridized carbons (Fsp3) is 0.0714. The maximum atomic E-state index is 11.1. The van der Waals surface area contributed by atoms with Gasteiger partial charge in [0.25, 0.3) is 0 Å². The van der Waals surface area contributed by atoms with Crippen molar-refractivity contribution in [1.82, 2.24) is 14.6 Å². The van der Waals surface area contributed by atoms with Gasteiger partial charge in [-0.1, -0.05) is 24.3 Å². The van der Waals surface area contributed by atoms with Gasteiger partial charge < -0.3 is 5.11 Å². The van der Waals surface area contributed by atoms with Crippen LogP contribution in [0.4, 0.5) is 0 Å². The first-order chi connectivity index (χ1) is 9.18. The van der Waals surface area contributed by atoms with Crippen LogP contribution >= 0.6 is 0 Å². The third-order valence-corrected chi connectivity index (χ3v) is 3.05. The number of carbonyl (C=O) groups is 1. The van der Waals surface area contributed by atoms with Crippen LogP contribution in [0, 0.1) is 6.92 Å². The molecule has 0 spiro atoms. The molecular formula is C14H11N3O2. The molecule has 0 radical (unpaired) electrons. The monoisotopic (exact) mass is 253 g/mol. The molecule has 3 rings (SSSR count). The van der Waals surface area contributed by atoms with Crippen LogP contribution in [-0.2, 0) is 0 Å². The summed E-state index contributed by atoms with van der Waals surface area (Å²) in [4.78, 5) is 15.2. The van der Waals surface area contributed by atoms with E-state index in [2.05, 4.69) is 10.1 Å². The lowest BCUT2D eigenvalue weighted by Gasteiger charge is -2.07. The van der Waals surface area contributed by atoms with E-state index in [9.17, 15) is 4.79 Å². The van der Waals surface area contributed by atoms with Crippen molar-refractivity contribution in [3.8, 4) is 11.3 Å². The zero-order valence-electron chi connectivity index (χ0n) is 10.2. The molecule has 5 nitrogen and oxygen atoms in total. The highest BCUT2D eigenvalue weighted by Gasteiger charge is 2.15. The van der Waals surface area contributed by atoms with Crippen molar-refractivity contribution in [3.05, 3.63) is 53.9 Å². The van der Waals surface area contributed by atoms with E-state index >= 15 is 0 Å². The number of nitrogens with zero attached hydrogens (tertiary/aromatic N) is 3. The number of hydrogen-bond donors (Lipinski definition) is 1. The van der Waals surface area contributed by atoms with Gasteiger partial charge in [0, 0.05) is 11.8 Å². The Morgan fingerprint density at radius 2 is 2.05 bits per heavy atom. The molecular weight excluding hydrogens is 242 g/mol. The Balaban J connectivity index is 2.32. The van der Waals surface area contributed by atoms with Crippen LogP contribution in [-0.4, -0.2) is 25.7 Å². The van der Waals surface area contributed by atoms with Crippen molar-refractivity contribution in [2.24, 2.45) is 0 Å². The van der Waals surface area contributed by atoms with Gasteiger partial charge in [0.15, 0.2) is 5.65 Å². The number of hydrogen-bond acceptors (Lipinski definition) is 3. The Bertz CT molecular complexity index is 777. The molecule has 1 N–H and O–H groups in total. The molecule has 0 saturated heterocycles. The average molecular weight is 253 g/mol. The molecule has 94 valence electrons. The summed E-state index contributed by atoms with van der Waals surface area (Å²) in [5.41, 5.74) is 3.40. The second-order valence-corrected chi connectivity index (χ2v) is 4.24. The third kappa shape index (κ3) is 1.76. The van der Waals surface area contributed by atoms with Crippen molar-refractivity contribution in [3.63, 3.8) is 0 Å². The molecule has 5 heteroatoms. The van der Waals surface area contributed by atoms with Gasteiger partial charge in [-0.3, -0.25) is 0 Å². The van der Waals surface area contributed by atoms with Crippen LogP contribution < -0.4 is 0 Å². The molecule has 0 amide bonds. The van der Waals surface area contributed by atoms with Crippen LogP contribution in [0.15, 0.2) is 42.7 Å². The van der Waals surface area contributed by atoms with Crippen LogP contribution in [0.1, 0.15) is 15.9 Å². The third-order valence-electron chi connectivity index (χ3n) is 3.05.